The standard InChI is InChI=1S/C16H17N4/c1-2-15(17)20-16(18-13-9-5-3-6-10-13)19-14-11-7-4-8-12-14/h3-12H,2H2,1H3,(H2-,17,18,19,20)/q-1. The van der Waals surface area contributed by atoms with Crippen LogP contribution in [0.3, 0.4) is 0 Å². The van der Waals surface area contributed by atoms with E-state index in [2.05, 4.69) is 15.3 Å². The molecule has 0 atom stereocenters. The number of nitrogens with two attached hydrogens (primary N) is 1. The highest BCUT2D eigenvalue weighted by Gasteiger charge is 1.91. The van der Waals surface area contributed by atoms with Crippen molar-refractivity contribution in [2.45, 2.75) is 13.3 Å². The van der Waals surface area contributed by atoms with E-state index in [1.54, 1.807) is 0 Å². The number of guanidine groups is 1. The number of para-hydroxylation sites is 2. The number of nitrogens with zero attached hydrogens (tertiary/aromatic N) is 3. The molecule has 0 aliphatic heterocycles. The van der Waals surface area contributed by atoms with Crippen LogP contribution < -0.4 is 5.73 Å². The lowest BCUT2D eigenvalue weighted by Gasteiger charge is -2.16. The Morgan fingerprint density at radius 2 is 1.60 bits per heavy atom. The molecular formula is C16H17N4-. The van der Waals surface area contributed by atoms with Gasteiger partial charge >= 0.3 is 0 Å². The van der Waals surface area contributed by atoms with Crippen LogP contribution in [0.25, 0.3) is 5.32 Å². The van der Waals surface area contributed by atoms with E-state index in [1.165, 1.54) is 0 Å². The van der Waals surface area contributed by atoms with E-state index < -0.39 is 0 Å². The van der Waals surface area contributed by atoms with Crippen LogP contribution in [-0.4, -0.2) is 11.8 Å². The molecule has 20 heavy (non-hydrogen) atoms. The Hall–Kier alpha value is -2.62. The maximum atomic E-state index is 5.79. The van der Waals surface area contributed by atoms with Gasteiger partial charge in [-0.15, -0.1) is 0 Å². The fourth-order valence-corrected chi connectivity index (χ4v) is 1.52. The SMILES string of the molecule is CC/C(N)=N\C(=Nc1ccccc1)[N-]c1ccccc1. The van der Waals surface area contributed by atoms with Crippen molar-refractivity contribution in [3.05, 3.63) is 66.0 Å². The molecule has 2 aromatic rings. The summed E-state index contributed by atoms with van der Waals surface area (Å²) in [6.45, 7) is 1.95. The van der Waals surface area contributed by atoms with Gasteiger partial charge < -0.3 is 21.0 Å². The highest BCUT2D eigenvalue weighted by molar-refractivity contribution is 6.07. The zero-order valence-electron chi connectivity index (χ0n) is 11.4. The van der Waals surface area contributed by atoms with Gasteiger partial charge in [-0.25, -0.2) is 0 Å². The smallest absolute Gasteiger partial charge is 0.0299 e. The lowest BCUT2D eigenvalue weighted by Crippen LogP contribution is -2.12. The van der Waals surface area contributed by atoms with Crippen LogP contribution in [0.15, 0.2) is 70.6 Å². The summed E-state index contributed by atoms with van der Waals surface area (Å²) in [5.41, 5.74) is 7.39. The zero-order valence-corrected chi connectivity index (χ0v) is 11.4. The van der Waals surface area contributed by atoms with Crippen molar-refractivity contribution >= 4 is 23.2 Å². The summed E-state index contributed by atoms with van der Waals surface area (Å²) in [5, 5.41) is 4.42. The third-order valence-electron chi connectivity index (χ3n) is 2.58. The normalized spacial score (nSPS) is 12.2. The molecule has 2 aromatic carbocycles. The molecule has 0 saturated heterocycles. The molecule has 4 heteroatoms. The number of benzene rings is 2. The van der Waals surface area contributed by atoms with Gasteiger partial charge in [0.05, 0.1) is 0 Å². The number of rotatable bonds is 3. The third-order valence-corrected chi connectivity index (χ3v) is 2.58. The Labute approximate surface area is 119 Å². The van der Waals surface area contributed by atoms with Crippen molar-refractivity contribution in [3.63, 3.8) is 0 Å². The van der Waals surface area contributed by atoms with E-state index in [1.807, 2.05) is 67.6 Å². The van der Waals surface area contributed by atoms with Crippen molar-refractivity contribution in [2.24, 2.45) is 15.7 Å². The summed E-state index contributed by atoms with van der Waals surface area (Å²) in [7, 11) is 0. The summed E-state index contributed by atoms with van der Waals surface area (Å²) in [6.07, 6.45) is 0.665. The van der Waals surface area contributed by atoms with E-state index >= 15 is 0 Å². The first kappa shape index (κ1) is 13.8. The van der Waals surface area contributed by atoms with E-state index in [9.17, 15) is 0 Å². The topological polar surface area (TPSA) is 64.8 Å². The van der Waals surface area contributed by atoms with E-state index in [-0.39, 0.29) is 0 Å². The van der Waals surface area contributed by atoms with Crippen molar-refractivity contribution < 1.29 is 0 Å². The fraction of sp³-hybridized carbons (Fsp3) is 0.125. The van der Waals surface area contributed by atoms with Crippen molar-refractivity contribution in [2.75, 3.05) is 0 Å². The predicted octanol–water partition coefficient (Wildman–Crippen LogP) is 4.15. The minimum absolute atomic E-state index is 0.363. The largest absolute Gasteiger partial charge is 0.400 e. The van der Waals surface area contributed by atoms with Crippen LogP contribution in [0.4, 0.5) is 11.4 Å². The second-order valence-corrected chi connectivity index (χ2v) is 4.15. The average Bonchev–Trinajstić information content (AvgIpc) is 2.49. The lowest BCUT2D eigenvalue weighted by atomic mass is 10.3. The first-order chi connectivity index (χ1) is 9.78. The average molecular weight is 265 g/mol. The predicted molar refractivity (Wildman–Crippen MR) is 84.9 cm³/mol. The molecule has 2 rings (SSSR count). The van der Waals surface area contributed by atoms with Gasteiger partial charge in [-0.05, 0) is 17.8 Å². The molecule has 102 valence electrons. The quantitative estimate of drug-likeness (QED) is 0.657. The molecule has 0 heterocycles. The number of hydrogen-bond donors (Lipinski definition) is 1. The molecule has 4 nitrogen and oxygen atoms in total. The van der Waals surface area contributed by atoms with Crippen LogP contribution in [-0.2, 0) is 0 Å². The van der Waals surface area contributed by atoms with Crippen molar-refractivity contribution in [3.8, 4) is 0 Å². The molecule has 0 saturated carbocycles. The molecule has 2 N–H and O–H groups in total. The Morgan fingerprint density at radius 1 is 1.00 bits per heavy atom. The maximum absolute atomic E-state index is 5.79. The highest BCUT2D eigenvalue weighted by atomic mass is 15.1. The third kappa shape index (κ3) is 4.24. The second kappa shape index (κ2) is 7.09. The van der Waals surface area contributed by atoms with Gasteiger partial charge in [0.25, 0.3) is 0 Å². The molecule has 0 aliphatic carbocycles. The van der Waals surface area contributed by atoms with Gasteiger partial charge in [0.15, 0.2) is 0 Å². The molecule has 0 spiro atoms. The van der Waals surface area contributed by atoms with Crippen LogP contribution in [0, 0.1) is 0 Å². The summed E-state index contributed by atoms with van der Waals surface area (Å²) in [5.74, 6) is 0.876. The minimum atomic E-state index is 0.363. The molecule has 0 amide bonds. The minimum Gasteiger partial charge on any atom is -0.400 e. The van der Waals surface area contributed by atoms with Crippen LogP contribution >= 0.6 is 0 Å². The Kier molecular flexibility index (Phi) is 4.89. The summed E-state index contributed by atoms with van der Waals surface area (Å²) >= 11 is 0. The first-order valence-electron chi connectivity index (χ1n) is 6.51. The van der Waals surface area contributed by atoms with Crippen LogP contribution in [0.5, 0.6) is 0 Å². The second-order valence-electron chi connectivity index (χ2n) is 4.15. The van der Waals surface area contributed by atoms with Gasteiger partial charge in [-0.1, -0.05) is 67.6 Å². The van der Waals surface area contributed by atoms with Crippen LogP contribution in [0.1, 0.15) is 13.3 Å². The van der Waals surface area contributed by atoms with E-state index in [0.29, 0.717) is 18.2 Å². The summed E-state index contributed by atoms with van der Waals surface area (Å²) in [6, 6.07) is 19.2. The highest BCUT2D eigenvalue weighted by Crippen LogP contribution is 2.21. The molecule has 0 unspecified atom stereocenters. The van der Waals surface area contributed by atoms with Gasteiger partial charge in [0.2, 0.25) is 0 Å². The van der Waals surface area contributed by atoms with Gasteiger partial charge in [0, 0.05) is 11.8 Å². The van der Waals surface area contributed by atoms with Gasteiger partial charge in [0.1, 0.15) is 0 Å². The molecule has 0 aliphatic rings. The fourth-order valence-electron chi connectivity index (χ4n) is 1.52. The van der Waals surface area contributed by atoms with Gasteiger partial charge in [-0.3, -0.25) is 0 Å². The Balaban J connectivity index is 2.28. The number of hydrogen-bond acceptors (Lipinski definition) is 1. The van der Waals surface area contributed by atoms with Crippen molar-refractivity contribution in [1.29, 1.82) is 0 Å². The summed E-state index contributed by atoms with van der Waals surface area (Å²) in [4.78, 5) is 8.69. The van der Waals surface area contributed by atoms with Gasteiger partial charge in [-0.2, -0.15) is 0 Å². The molecule has 0 bridgehead atoms. The lowest BCUT2D eigenvalue weighted by molar-refractivity contribution is 1.24. The molecular weight excluding hydrogens is 248 g/mol. The molecule has 0 radical (unpaired) electrons. The molecule has 0 aromatic heterocycles. The van der Waals surface area contributed by atoms with Crippen molar-refractivity contribution in [1.82, 2.24) is 0 Å². The number of amidine groups is 1. The Morgan fingerprint density at radius 3 is 2.20 bits per heavy atom. The Bertz CT molecular complexity index is 588. The van der Waals surface area contributed by atoms with E-state index in [4.69, 9.17) is 5.73 Å². The maximum Gasteiger partial charge on any atom is 0.0299 e. The van der Waals surface area contributed by atoms with Crippen LogP contribution in [0.2, 0.25) is 0 Å². The zero-order chi connectivity index (χ0) is 14.2. The van der Waals surface area contributed by atoms with E-state index in [0.717, 1.165) is 11.4 Å². The molecule has 0 fully saturated rings. The first-order valence-corrected chi connectivity index (χ1v) is 6.51. The monoisotopic (exact) mass is 265 g/mol. The summed E-state index contributed by atoms with van der Waals surface area (Å²) < 4.78 is 0. The number of aliphatic imine (C=N–C) groups is 2.